The molecule has 2 bridgehead atoms. The SMILES string of the molecule is Cc1ccc(F)cc1C(=O)N1CC2CCC1CN2Cc1c(-c2ccc(Cl)cc2)nc2ccccn12. The zero-order chi connectivity index (χ0) is 24.1. The van der Waals surface area contributed by atoms with E-state index >= 15 is 0 Å². The summed E-state index contributed by atoms with van der Waals surface area (Å²) < 4.78 is 16.0. The number of pyridine rings is 1. The van der Waals surface area contributed by atoms with Gasteiger partial charge in [0, 0.05) is 54.1 Å². The predicted octanol–water partition coefficient (Wildman–Crippen LogP) is 5.59. The maximum absolute atomic E-state index is 13.9. The third-order valence-corrected chi connectivity index (χ3v) is 7.69. The highest BCUT2D eigenvalue weighted by Crippen LogP contribution is 2.34. The topological polar surface area (TPSA) is 40.9 Å². The van der Waals surface area contributed by atoms with Crippen LogP contribution in [-0.2, 0) is 6.54 Å². The highest BCUT2D eigenvalue weighted by molar-refractivity contribution is 6.30. The zero-order valence-corrected chi connectivity index (χ0v) is 20.3. The van der Waals surface area contributed by atoms with Crippen LogP contribution in [0.1, 0.15) is 34.5 Å². The van der Waals surface area contributed by atoms with Crippen molar-refractivity contribution in [3.63, 3.8) is 0 Å². The fraction of sp³-hybridized carbons (Fsp3) is 0.286. The smallest absolute Gasteiger partial charge is 0.254 e. The van der Waals surface area contributed by atoms with Crippen LogP contribution < -0.4 is 0 Å². The number of benzene rings is 2. The van der Waals surface area contributed by atoms with E-state index in [0.717, 1.165) is 54.1 Å². The summed E-state index contributed by atoms with van der Waals surface area (Å²) >= 11 is 6.13. The van der Waals surface area contributed by atoms with E-state index in [4.69, 9.17) is 16.6 Å². The first-order chi connectivity index (χ1) is 17.0. The number of aryl methyl sites for hydroxylation is 1. The number of rotatable bonds is 4. The fourth-order valence-corrected chi connectivity index (χ4v) is 5.69. The Labute approximate surface area is 208 Å². The van der Waals surface area contributed by atoms with Crippen molar-refractivity contribution < 1.29 is 9.18 Å². The number of halogens is 2. The summed E-state index contributed by atoms with van der Waals surface area (Å²) in [7, 11) is 0. The van der Waals surface area contributed by atoms with Gasteiger partial charge < -0.3 is 9.30 Å². The van der Waals surface area contributed by atoms with E-state index in [0.29, 0.717) is 17.1 Å². The number of carbonyl (C=O) groups is 1. The molecule has 3 fully saturated rings. The van der Waals surface area contributed by atoms with Crippen LogP contribution in [0, 0.1) is 12.7 Å². The molecule has 2 atom stereocenters. The van der Waals surface area contributed by atoms with E-state index in [1.165, 1.54) is 12.1 Å². The van der Waals surface area contributed by atoms with E-state index in [-0.39, 0.29) is 23.8 Å². The molecule has 7 rings (SSSR count). The van der Waals surface area contributed by atoms with Gasteiger partial charge >= 0.3 is 0 Å². The molecule has 2 aromatic carbocycles. The Hall–Kier alpha value is -3.22. The molecule has 0 spiro atoms. The molecule has 5 nitrogen and oxygen atoms in total. The Balaban J connectivity index is 1.29. The van der Waals surface area contributed by atoms with Gasteiger partial charge in [0.05, 0.1) is 11.4 Å². The normalized spacial score (nSPS) is 20.0. The van der Waals surface area contributed by atoms with Gasteiger partial charge in [0.15, 0.2) is 0 Å². The maximum atomic E-state index is 13.9. The summed E-state index contributed by atoms with van der Waals surface area (Å²) in [6, 6.07) is 18.7. The highest BCUT2D eigenvalue weighted by Gasteiger charge is 2.42. The minimum Gasteiger partial charge on any atom is -0.333 e. The first-order valence-electron chi connectivity index (χ1n) is 12.0. The number of imidazole rings is 1. The average Bonchev–Trinajstić information content (AvgIpc) is 3.24. The van der Waals surface area contributed by atoms with Crippen LogP contribution in [0.2, 0.25) is 5.02 Å². The Bertz CT molecular complexity index is 1420. The highest BCUT2D eigenvalue weighted by atomic mass is 35.5. The summed E-state index contributed by atoms with van der Waals surface area (Å²) in [6.07, 6.45) is 4.07. The Morgan fingerprint density at radius 2 is 1.86 bits per heavy atom. The van der Waals surface area contributed by atoms with Crippen molar-refractivity contribution in [2.75, 3.05) is 13.1 Å². The van der Waals surface area contributed by atoms with Gasteiger partial charge in [-0.25, -0.2) is 9.37 Å². The number of nitrogens with zero attached hydrogens (tertiary/aromatic N) is 4. The Morgan fingerprint density at radius 1 is 1.06 bits per heavy atom. The summed E-state index contributed by atoms with van der Waals surface area (Å²) in [4.78, 5) is 22.7. The van der Waals surface area contributed by atoms with E-state index in [1.807, 2.05) is 54.3 Å². The molecule has 2 unspecified atom stereocenters. The van der Waals surface area contributed by atoms with Crippen molar-refractivity contribution in [3.05, 3.63) is 94.5 Å². The van der Waals surface area contributed by atoms with Gasteiger partial charge in [0.1, 0.15) is 11.5 Å². The molecule has 2 aromatic heterocycles. The summed E-state index contributed by atoms with van der Waals surface area (Å²) in [5.41, 5.74) is 5.32. The number of piperazine rings is 1. The van der Waals surface area contributed by atoms with Crippen LogP contribution in [0.15, 0.2) is 66.9 Å². The minimum atomic E-state index is -0.370. The lowest BCUT2D eigenvalue weighted by Crippen LogP contribution is -2.63. The molecule has 1 amide bonds. The molecule has 5 heterocycles. The van der Waals surface area contributed by atoms with E-state index in [9.17, 15) is 9.18 Å². The molecule has 7 heteroatoms. The van der Waals surface area contributed by atoms with Crippen LogP contribution in [-0.4, -0.2) is 50.3 Å². The Kier molecular flexibility index (Phi) is 5.58. The largest absolute Gasteiger partial charge is 0.333 e. The van der Waals surface area contributed by atoms with Gasteiger partial charge in [-0.1, -0.05) is 35.9 Å². The summed E-state index contributed by atoms with van der Waals surface area (Å²) in [6.45, 7) is 4.06. The molecule has 3 aliphatic heterocycles. The second-order valence-electron chi connectivity index (χ2n) is 9.57. The van der Waals surface area contributed by atoms with Gasteiger partial charge in [0.2, 0.25) is 0 Å². The van der Waals surface area contributed by atoms with Gasteiger partial charge in [-0.3, -0.25) is 9.69 Å². The van der Waals surface area contributed by atoms with Crippen molar-refractivity contribution in [1.29, 1.82) is 0 Å². The summed E-state index contributed by atoms with van der Waals surface area (Å²) in [5, 5.41) is 0.700. The third kappa shape index (κ3) is 4.01. The standard InChI is InChI=1S/C28H26ClFN4O/c1-18-5-10-21(30)14-24(18)28(35)34-16-22-11-12-23(34)15-32(22)17-25-27(19-6-8-20(29)9-7-19)31-26-4-2-3-13-33(25)26/h2-10,13-14,22-23H,11-12,15-17H2,1H3. The molecule has 0 aliphatic carbocycles. The van der Waals surface area contributed by atoms with Crippen LogP contribution in [0.25, 0.3) is 16.9 Å². The lowest BCUT2D eigenvalue weighted by Gasteiger charge is -2.51. The average molecular weight is 489 g/mol. The molecule has 3 saturated heterocycles. The molecule has 0 saturated carbocycles. The van der Waals surface area contributed by atoms with Crippen LogP contribution in [0.3, 0.4) is 0 Å². The minimum absolute atomic E-state index is 0.0620. The third-order valence-electron chi connectivity index (χ3n) is 7.43. The van der Waals surface area contributed by atoms with Gasteiger partial charge in [-0.2, -0.15) is 0 Å². The number of hydrogen-bond acceptors (Lipinski definition) is 3. The predicted molar refractivity (Wildman–Crippen MR) is 135 cm³/mol. The van der Waals surface area contributed by atoms with Crippen molar-refractivity contribution in [3.8, 4) is 11.3 Å². The monoisotopic (exact) mass is 488 g/mol. The van der Waals surface area contributed by atoms with E-state index in [1.54, 1.807) is 6.07 Å². The van der Waals surface area contributed by atoms with Crippen molar-refractivity contribution in [1.82, 2.24) is 19.2 Å². The molecule has 35 heavy (non-hydrogen) atoms. The lowest BCUT2D eigenvalue weighted by atomic mass is 9.89. The second-order valence-corrected chi connectivity index (χ2v) is 10.0. The van der Waals surface area contributed by atoms with E-state index < -0.39 is 0 Å². The van der Waals surface area contributed by atoms with Crippen LogP contribution >= 0.6 is 11.6 Å². The number of carbonyl (C=O) groups excluding carboxylic acids is 1. The zero-order valence-electron chi connectivity index (χ0n) is 19.5. The number of aromatic nitrogens is 2. The van der Waals surface area contributed by atoms with Crippen LogP contribution in [0.5, 0.6) is 0 Å². The first kappa shape index (κ1) is 22.3. The van der Waals surface area contributed by atoms with Gasteiger partial charge in [-0.15, -0.1) is 0 Å². The second kappa shape index (κ2) is 8.77. The van der Waals surface area contributed by atoms with Crippen LogP contribution in [0.4, 0.5) is 4.39 Å². The molecule has 4 aromatic rings. The molecule has 0 radical (unpaired) electrons. The van der Waals surface area contributed by atoms with Crippen molar-refractivity contribution in [2.24, 2.45) is 0 Å². The number of piperidine rings is 2. The Morgan fingerprint density at radius 3 is 2.63 bits per heavy atom. The molecule has 3 aliphatic rings. The first-order valence-corrected chi connectivity index (χ1v) is 12.4. The van der Waals surface area contributed by atoms with E-state index in [2.05, 4.69) is 15.5 Å². The van der Waals surface area contributed by atoms with Crippen molar-refractivity contribution >= 4 is 23.2 Å². The van der Waals surface area contributed by atoms with Gasteiger partial charge in [-0.05, 0) is 61.7 Å². The number of amides is 1. The van der Waals surface area contributed by atoms with Gasteiger partial charge in [0.25, 0.3) is 5.91 Å². The maximum Gasteiger partial charge on any atom is 0.254 e. The number of hydrogen-bond donors (Lipinski definition) is 0. The molecule has 178 valence electrons. The number of fused-ring (bicyclic) bond motifs is 4. The molecule has 0 N–H and O–H groups in total. The molecular weight excluding hydrogens is 463 g/mol. The summed E-state index contributed by atoms with van der Waals surface area (Å²) in [5.74, 6) is -0.432. The molecular formula is C28H26ClFN4O. The lowest BCUT2D eigenvalue weighted by molar-refractivity contribution is -0.0159. The fourth-order valence-electron chi connectivity index (χ4n) is 5.57. The van der Waals surface area contributed by atoms with Crippen molar-refractivity contribution in [2.45, 2.75) is 38.4 Å². The quantitative estimate of drug-likeness (QED) is 0.376.